The van der Waals surface area contributed by atoms with Gasteiger partial charge in [0.2, 0.25) is 0 Å². The van der Waals surface area contributed by atoms with Gasteiger partial charge in [0.1, 0.15) is 12.4 Å². The highest BCUT2D eigenvalue weighted by Crippen LogP contribution is 2.44. The average Bonchev–Trinajstić information content (AvgIpc) is 3.40. The molecule has 6 heteroatoms. The molecule has 1 aliphatic carbocycles. The topological polar surface area (TPSA) is 80.4 Å². The molecule has 0 fully saturated rings. The normalized spacial score (nSPS) is 13.6. The summed E-state index contributed by atoms with van der Waals surface area (Å²) in [5.74, 6) is 0.246. The summed E-state index contributed by atoms with van der Waals surface area (Å²) in [6.45, 7) is 7.71. The number of hydrogen-bond acceptors (Lipinski definition) is 4. The molecule has 1 unspecified atom stereocenters. The van der Waals surface area contributed by atoms with Gasteiger partial charge in [0.05, 0.1) is 5.41 Å². The zero-order chi connectivity index (χ0) is 26.2. The van der Waals surface area contributed by atoms with Crippen LogP contribution in [0.3, 0.4) is 0 Å². The smallest absolute Gasteiger partial charge is 0.407 e. The van der Waals surface area contributed by atoms with E-state index in [2.05, 4.69) is 34.6 Å². The minimum atomic E-state index is -0.586. The van der Waals surface area contributed by atoms with Gasteiger partial charge in [0.15, 0.2) is 0 Å². The van der Waals surface area contributed by atoms with Crippen molar-refractivity contribution in [3.8, 4) is 16.9 Å². The lowest BCUT2D eigenvalue weighted by Gasteiger charge is -2.17. The first-order valence-corrected chi connectivity index (χ1v) is 12.6. The van der Waals surface area contributed by atoms with Gasteiger partial charge in [-0.15, -0.1) is 0 Å². The van der Waals surface area contributed by atoms with Crippen molar-refractivity contribution >= 4 is 23.0 Å². The van der Waals surface area contributed by atoms with Crippen LogP contribution < -0.4 is 10.1 Å². The van der Waals surface area contributed by atoms with Crippen LogP contribution in [0.25, 0.3) is 22.0 Å². The Balaban J connectivity index is 1.22. The van der Waals surface area contributed by atoms with Gasteiger partial charge in [-0.05, 0) is 80.1 Å². The maximum Gasteiger partial charge on any atom is 0.407 e. The molecule has 0 bridgehead atoms. The lowest BCUT2D eigenvalue weighted by molar-refractivity contribution is -0.142. The highest BCUT2D eigenvalue weighted by Gasteiger charge is 2.29. The molecular weight excluding hydrogens is 464 g/mol. The van der Waals surface area contributed by atoms with Crippen LogP contribution in [-0.2, 0) is 16.0 Å². The molecule has 0 aliphatic heterocycles. The number of carbonyl (C=O) groups excluding carboxylic acids is 2. The number of esters is 1. The maximum atomic E-state index is 12.7. The van der Waals surface area contributed by atoms with Crippen LogP contribution in [0.15, 0.2) is 72.9 Å². The first-order valence-electron chi connectivity index (χ1n) is 12.6. The largest absolute Gasteiger partial charge is 0.449 e. The summed E-state index contributed by atoms with van der Waals surface area (Å²) in [6.07, 6.45) is 2.09. The van der Waals surface area contributed by atoms with Gasteiger partial charge in [-0.2, -0.15) is 0 Å². The Bertz CT molecular complexity index is 1420. The zero-order valence-electron chi connectivity index (χ0n) is 21.6. The highest BCUT2D eigenvalue weighted by molar-refractivity contribution is 5.86. The number of amides is 1. The van der Waals surface area contributed by atoms with Gasteiger partial charge in [0, 0.05) is 29.1 Å². The van der Waals surface area contributed by atoms with E-state index >= 15 is 0 Å². The highest BCUT2D eigenvalue weighted by atomic mass is 16.5. The van der Waals surface area contributed by atoms with Gasteiger partial charge in [-0.1, -0.05) is 48.5 Å². The minimum absolute atomic E-state index is 0.0244. The third-order valence-electron chi connectivity index (χ3n) is 6.80. The predicted molar refractivity (Wildman–Crippen MR) is 145 cm³/mol. The molecule has 1 aromatic heterocycles. The molecular formula is C31H32N2O4. The van der Waals surface area contributed by atoms with E-state index < -0.39 is 11.5 Å². The summed E-state index contributed by atoms with van der Waals surface area (Å²) in [6, 6.07) is 22.0. The summed E-state index contributed by atoms with van der Waals surface area (Å²) in [4.78, 5) is 28.2. The number of fused-ring (bicyclic) bond motifs is 4. The van der Waals surface area contributed by atoms with Crippen molar-refractivity contribution in [3.63, 3.8) is 0 Å². The Kier molecular flexibility index (Phi) is 6.50. The molecule has 0 radical (unpaired) electrons. The number of alkyl carbamates (subject to hydrolysis) is 1. The van der Waals surface area contributed by atoms with Crippen LogP contribution in [0.5, 0.6) is 5.75 Å². The second kappa shape index (κ2) is 9.77. The fourth-order valence-electron chi connectivity index (χ4n) is 4.87. The third kappa shape index (κ3) is 5.10. The number of rotatable bonds is 6. The molecule has 1 atom stereocenters. The first-order chi connectivity index (χ1) is 17.7. The number of carbonyl (C=O) groups is 2. The standard InChI is InChI=1S/C31H32N2O4/c1-19(15-20-17-32-28-14-13-21(16-26(20)28)37-29(34)31(2,3)4)33-30(35)36-18-27-24-11-7-5-9-22(24)23-10-6-8-12-25(23)27/h5-14,16-17,19,27,32H,15,18H2,1-4H3,(H,33,35). The number of aromatic nitrogens is 1. The van der Waals surface area contributed by atoms with Crippen LogP contribution in [0.1, 0.15) is 50.3 Å². The number of H-pyrrole nitrogens is 1. The van der Waals surface area contributed by atoms with Crippen LogP contribution in [0.4, 0.5) is 4.79 Å². The van der Waals surface area contributed by atoms with Crippen LogP contribution >= 0.6 is 0 Å². The van der Waals surface area contributed by atoms with Gasteiger partial charge < -0.3 is 19.8 Å². The predicted octanol–water partition coefficient (Wildman–Crippen LogP) is 6.59. The van der Waals surface area contributed by atoms with E-state index in [4.69, 9.17) is 9.47 Å². The molecule has 6 nitrogen and oxygen atoms in total. The van der Waals surface area contributed by atoms with E-state index in [1.165, 1.54) is 22.3 Å². The summed E-state index contributed by atoms with van der Waals surface area (Å²) < 4.78 is 11.3. The minimum Gasteiger partial charge on any atom is -0.449 e. The molecule has 1 heterocycles. The lowest BCUT2D eigenvalue weighted by Crippen LogP contribution is -2.35. The molecule has 0 saturated carbocycles. The SMILES string of the molecule is CC(Cc1c[nH]c2ccc(OC(=O)C(C)(C)C)cc12)NC(=O)OCC1c2ccccc2-c2ccccc21. The van der Waals surface area contributed by atoms with E-state index in [1.54, 1.807) is 6.07 Å². The average molecular weight is 497 g/mol. The Morgan fingerprint density at radius 3 is 2.27 bits per heavy atom. The number of benzene rings is 3. The molecule has 5 rings (SSSR count). The molecule has 37 heavy (non-hydrogen) atoms. The van der Waals surface area contributed by atoms with Crippen molar-refractivity contribution in [3.05, 3.63) is 89.6 Å². The van der Waals surface area contributed by atoms with Gasteiger partial charge in [-0.3, -0.25) is 4.79 Å². The van der Waals surface area contributed by atoms with E-state index in [1.807, 2.05) is 70.3 Å². The van der Waals surface area contributed by atoms with Gasteiger partial charge >= 0.3 is 12.1 Å². The Morgan fingerprint density at radius 2 is 1.62 bits per heavy atom. The molecule has 3 aromatic carbocycles. The quantitative estimate of drug-likeness (QED) is 0.233. The molecule has 2 N–H and O–H groups in total. The van der Waals surface area contributed by atoms with Crippen molar-refractivity contribution < 1.29 is 19.1 Å². The fraction of sp³-hybridized carbons (Fsp3) is 0.290. The van der Waals surface area contributed by atoms with E-state index in [0.29, 0.717) is 12.2 Å². The third-order valence-corrected chi connectivity index (χ3v) is 6.80. The summed E-state index contributed by atoms with van der Waals surface area (Å²) in [5.41, 5.74) is 6.16. The molecule has 0 spiro atoms. The second-order valence-corrected chi connectivity index (χ2v) is 10.7. The first kappa shape index (κ1) is 24.6. The number of nitrogens with one attached hydrogen (secondary N) is 2. The van der Waals surface area contributed by atoms with Crippen molar-refractivity contribution in [1.82, 2.24) is 10.3 Å². The molecule has 1 amide bonds. The Labute approximate surface area is 217 Å². The van der Waals surface area contributed by atoms with E-state index in [-0.39, 0.29) is 24.5 Å². The number of hydrogen-bond donors (Lipinski definition) is 2. The molecule has 1 aliphatic rings. The van der Waals surface area contributed by atoms with Crippen molar-refractivity contribution in [2.45, 2.75) is 46.1 Å². The Morgan fingerprint density at radius 1 is 0.973 bits per heavy atom. The van der Waals surface area contributed by atoms with Gasteiger partial charge in [-0.25, -0.2) is 4.79 Å². The van der Waals surface area contributed by atoms with Crippen molar-refractivity contribution in [2.24, 2.45) is 5.41 Å². The monoisotopic (exact) mass is 496 g/mol. The fourth-order valence-corrected chi connectivity index (χ4v) is 4.87. The van der Waals surface area contributed by atoms with Crippen LogP contribution in [0.2, 0.25) is 0 Å². The van der Waals surface area contributed by atoms with Gasteiger partial charge in [0.25, 0.3) is 0 Å². The van der Waals surface area contributed by atoms with E-state index in [0.717, 1.165) is 16.5 Å². The zero-order valence-corrected chi connectivity index (χ0v) is 21.6. The second-order valence-electron chi connectivity index (χ2n) is 10.7. The van der Waals surface area contributed by atoms with E-state index in [9.17, 15) is 9.59 Å². The lowest BCUT2D eigenvalue weighted by atomic mass is 9.97. The summed E-state index contributed by atoms with van der Waals surface area (Å²) in [7, 11) is 0. The van der Waals surface area contributed by atoms with Crippen molar-refractivity contribution in [1.29, 1.82) is 0 Å². The van der Waals surface area contributed by atoms with Crippen molar-refractivity contribution in [2.75, 3.05) is 6.61 Å². The molecule has 0 saturated heterocycles. The Hall–Kier alpha value is -4.06. The summed E-state index contributed by atoms with van der Waals surface area (Å²) in [5, 5.41) is 3.92. The van der Waals surface area contributed by atoms with Crippen LogP contribution in [0, 0.1) is 5.41 Å². The molecule has 190 valence electrons. The number of aromatic amines is 1. The molecule has 4 aromatic rings. The summed E-state index contributed by atoms with van der Waals surface area (Å²) >= 11 is 0. The number of ether oxygens (including phenoxy) is 2. The maximum absolute atomic E-state index is 12.7. The van der Waals surface area contributed by atoms with Crippen LogP contribution in [-0.4, -0.2) is 29.7 Å².